The number of methoxy groups -OCH3 is 1. The van der Waals surface area contributed by atoms with Crippen LogP contribution in [0.2, 0.25) is 5.15 Å². The van der Waals surface area contributed by atoms with Crippen molar-refractivity contribution in [3.63, 3.8) is 0 Å². The fraction of sp³-hybridized carbons (Fsp3) is 0.429. The Morgan fingerprint density at radius 2 is 1.97 bits per heavy atom. The van der Waals surface area contributed by atoms with Crippen molar-refractivity contribution in [2.24, 2.45) is 0 Å². The number of pyridine rings is 1. The zero-order valence-electron chi connectivity index (χ0n) is 16.9. The summed E-state index contributed by atoms with van der Waals surface area (Å²) in [5.41, 5.74) is 11.0. The number of hydrogen-bond acceptors (Lipinski definition) is 7. The number of nitrogens with zero attached hydrogens (tertiary/aromatic N) is 4. The first-order valence-corrected chi connectivity index (χ1v) is 10.1. The highest BCUT2D eigenvalue weighted by Crippen LogP contribution is 2.38. The van der Waals surface area contributed by atoms with Gasteiger partial charge in [0.1, 0.15) is 22.3 Å². The van der Waals surface area contributed by atoms with Crippen LogP contribution in [0.15, 0.2) is 17.3 Å². The molecule has 2 aliphatic rings. The Kier molecular flexibility index (Phi) is 5.17. The summed E-state index contributed by atoms with van der Waals surface area (Å²) in [5.74, 6) is 1.26. The second kappa shape index (κ2) is 7.63. The standard InChI is InChI=1S/C21H24ClN5O2/c1-11-8-24-15(12(2)18(11)29-3)10-27-9-14(13-6-4-5-7-13)17(28)16-19(22)25-21(23)26-20(16)27/h8H,4-7,9-10H2,1-3H3,(H2,23,25,26). The maximum Gasteiger partial charge on any atom is 0.223 e. The average molecular weight is 414 g/mol. The minimum Gasteiger partial charge on any atom is -0.496 e. The zero-order valence-corrected chi connectivity index (χ0v) is 17.6. The number of anilines is 2. The van der Waals surface area contributed by atoms with E-state index in [0.29, 0.717) is 24.5 Å². The second-order valence-corrected chi connectivity index (χ2v) is 7.95. The molecule has 152 valence electrons. The molecule has 0 spiro atoms. The van der Waals surface area contributed by atoms with Crippen molar-refractivity contribution >= 4 is 29.2 Å². The summed E-state index contributed by atoms with van der Waals surface area (Å²) in [4.78, 5) is 28.2. The molecule has 29 heavy (non-hydrogen) atoms. The lowest BCUT2D eigenvalue weighted by Gasteiger charge is -2.32. The number of aryl methyl sites for hydroxylation is 1. The van der Waals surface area contributed by atoms with E-state index in [1.54, 1.807) is 13.3 Å². The second-order valence-electron chi connectivity index (χ2n) is 7.59. The van der Waals surface area contributed by atoms with Gasteiger partial charge in [0.05, 0.1) is 19.3 Å². The van der Waals surface area contributed by atoms with Gasteiger partial charge in [0.15, 0.2) is 5.78 Å². The summed E-state index contributed by atoms with van der Waals surface area (Å²) in [6.07, 6.45) is 5.93. The van der Waals surface area contributed by atoms with Gasteiger partial charge in [-0.05, 0) is 39.5 Å². The molecular formula is C21H24ClN5O2. The predicted octanol–water partition coefficient (Wildman–Crippen LogP) is 3.81. The lowest BCUT2D eigenvalue weighted by atomic mass is 9.94. The molecule has 0 unspecified atom stereocenters. The molecule has 3 heterocycles. The van der Waals surface area contributed by atoms with Gasteiger partial charge in [0, 0.05) is 29.4 Å². The Labute approximate surface area is 175 Å². The zero-order chi connectivity index (χ0) is 20.7. The van der Waals surface area contributed by atoms with Crippen molar-refractivity contribution in [2.45, 2.75) is 46.1 Å². The van der Waals surface area contributed by atoms with E-state index in [9.17, 15) is 4.79 Å². The highest BCUT2D eigenvalue weighted by molar-refractivity contribution is 6.35. The number of aromatic nitrogens is 3. The summed E-state index contributed by atoms with van der Waals surface area (Å²) in [5, 5.41) is 0.101. The number of rotatable bonds is 3. The van der Waals surface area contributed by atoms with E-state index < -0.39 is 0 Å². The number of carbonyl (C=O) groups excluding carboxylic acids is 1. The number of fused-ring (bicyclic) bond motifs is 1. The number of Topliss-reactive ketones (excluding diaryl/α,β-unsaturated/α-hetero) is 1. The summed E-state index contributed by atoms with van der Waals surface area (Å²) in [6.45, 7) is 4.88. The van der Waals surface area contributed by atoms with Crippen LogP contribution < -0.4 is 15.4 Å². The number of ketones is 1. The summed E-state index contributed by atoms with van der Waals surface area (Å²) >= 11 is 6.35. The summed E-state index contributed by atoms with van der Waals surface area (Å²) < 4.78 is 5.54. The van der Waals surface area contributed by atoms with Gasteiger partial charge >= 0.3 is 0 Å². The Bertz CT molecular complexity index is 1030. The van der Waals surface area contributed by atoms with Gasteiger partial charge in [-0.1, -0.05) is 17.2 Å². The topological polar surface area (TPSA) is 94.2 Å². The van der Waals surface area contributed by atoms with E-state index in [0.717, 1.165) is 53.8 Å². The third-order valence-corrected chi connectivity index (χ3v) is 6.01. The third-order valence-electron chi connectivity index (χ3n) is 5.74. The highest BCUT2D eigenvalue weighted by atomic mass is 35.5. The smallest absolute Gasteiger partial charge is 0.223 e. The number of halogens is 1. The molecule has 8 heteroatoms. The van der Waals surface area contributed by atoms with E-state index in [-0.39, 0.29) is 16.9 Å². The van der Waals surface area contributed by atoms with Crippen molar-refractivity contribution in [1.82, 2.24) is 15.0 Å². The molecule has 1 aliphatic carbocycles. The van der Waals surface area contributed by atoms with Gasteiger partial charge in [0.25, 0.3) is 0 Å². The molecule has 2 aromatic rings. The fourth-order valence-electron chi connectivity index (χ4n) is 4.27. The molecule has 2 aromatic heterocycles. The molecule has 0 atom stereocenters. The minimum absolute atomic E-state index is 0.0506. The number of nitrogens with two attached hydrogens (primary N) is 1. The van der Waals surface area contributed by atoms with Crippen molar-refractivity contribution in [3.8, 4) is 5.75 Å². The highest BCUT2D eigenvalue weighted by Gasteiger charge is 2.34. The largest absolute Gasteiger partial charge is 0.496 e. The van der Waals surface area contributed by atoms with Crippen LogP contribution in [0, 0.1) is 13.8 Å². The van der Waals surface area contributed by atoms with Gasteiger partial charge in [-0.2, -0.15) is 4.98 Å². The number of nitrogen functional groups attached to an aromatic ring is 1. The normalized spacial score (nSPS) is 16.4. The fourth-order valence-corrected chi connectivity index (χ4v) is 4.53. The Morgan fingerprint density at radius 3 is 2.66 bits per heavy atom. The van der Waals surface area contributed by atoms with Crippen molar-refractivity contribution in [1.29, 1.82) is 0 Å². The molecular weight excluding hydrogens is 390 g/mol. The van der Waals surface area contributed by atoms with Crippen molar-refractivity contribution in [2.75, 3.05) is 24.3 Å². The lowest BCUT2D eigenvalue weighted by molar-refractivity contribution is 0.102. The molecule has 1 saturated carbocycles. The molecule has 0 amide bonds. The van der Waals surface area contributed by atoms with E-state index in [2.05, 4.69) is 15.0 Å². The minimum atomic E-state index is -0.0793. The number of allylic oxidation sites excluding steroid dienone is 1. The molecule has 2 N–H and O–H groups in total. The van der Waals surface area contributed by atoms with Gasteiger partial charge < -0.3 is 15.4 Å². The van der Waals surface area contributed by atoms with Gasteiger partial charge in [-0.3, -0.25) is 9.78 Å². The maximum absolute atomic E-state index is 13.2. The van der Waals surface area contributed by atoms with Crippen molar-refractivity contribution in [3.05, 3.63) is 44.9 Å². The van der Waals surface area contributed by atoms with Crippen LogP contribution in [0.5, 0.6) is 5.75 Å². The number of carbonyl (C=O) groups is 1. The van der Waals surface area contributed by atoms with Crippen molar-refractivity contribution < 1.29 is 9.53 Å². The lowest BCUT2D eigenvalue weighted by Crippen LogP contribution is -2.36. The molecule has 0 bridgehead atoms. The Morgan fingerprint density at radius 1 is 1.24 bits per heavy atom. The van der Waals surface area contributed by atoms with E-state index in [1.807, 2.05) is 18.7 Å². The first-order chi connectivity index (χ1) is 13.9. The molecule has 0 saturated heterocycles. The molecule has 1 aliphatic heterocycles. The van der Waals surface area contributed by atoms with Crippen LogP contribution in [0.4, 0.5) is 11.8 Å². The van der Waals surface area contributed by atoms with E-state index >= 15 is 0 Å². The molecule has 1 fully saturated rings. The molecule has 7 nitrogen and oxygen atoms in total. The number of hydrogen-bond donors (Lipinski definition) is 1. The van der Waals surface area contributed by atoms with Gasteiger partial charge in [-0.25, -0.2) is 4.98 Å². The maximum atomic E-state index is 13.2. The van der Waals surface area contributed by atoms with Crippen LogP contribution in [0.3, 0.4) is 0 Å². The Hall–Kier alpha value is -2.67. The quantitative estimate of drug-likeness (QED) is 0.603. The van der Waals surface area contributed by atoms with Crippen LogP contribution in [-0.4, -0.2) is 34.4 Å². The average Bonchev–Trinajstić information content (AvgIpc) is 3.20. The monoisotopic (exact) mass is 413 g/mol. The first-order valence-electron chi connectivity index (χ1n) is 9.73. The third kappa shape index (κ3) is 3.44. The van der Waals surface area contributed by atoms with E-state index in [1.165, 1.54) is 5.57 Å². The number of ether oxygens (including phenoxy) is 1. The van der Waals surface area contributed by atoms with Crippen LogP contribution >= 0.6 is 11.6 Å². The van der Waals surface area contributed by atoms with E-state index in [4.69, 9.17) is 22.1 Å². The van der Waals surface area contributed by atoms with Crippen LogP contribution in [0.25, 0.3) is 0 Å². The molecule has 0 radical (unpaired) electrons. The van der Waals surface area contributed by atoms with Crippen LogP contribution in [0.1, 0.15) is 52.9 Å². The SMILES string of the molecule is COc1c(C)cnc(CN2CC(=C3CCCC3)C(=O)c3c(Cl)nc(N)nc32)c1C. The summed E-state index contributed by atoms with van der Waals surface area (Å²) in [6, 6.07) is 0. The predicted molar refractivity (Wildman–Crippen MR) is 113 cm³/mol. The summed E-state index contributed by atoms with van der Waals surface area (Å²) in [7, 11) is 1.66. The Balaban J connectivity index is 1.82. The first kappa shape index (κ1) is 19.6. The van der Waals surface area contributed by atoms with Gasteiger partial charge in [-0.15, -0.1) is 0 Å². The molecule has 0 aromatic carbocycles. The van der Waals surface area contributed by atoms with Crippen LogP contribution in [-0.2, 0) is 6.54 Å². The molecule has 4 rings (SSSR count). The van der Waals surface area contributed by atoms with Gasteiger partial charge in [0.2, 0.25) is 5.95 Å².